The molecule has 1 aliphatic rings. The number of halogens is 2. The summed E-state index contributed by atoms with van der Waals surface area (Å²) in [5.74, 6) is 0.741. The number of hydrogen-bond acceptors (Lipinski definition) is 0. The van der Waals surface area contributed by atoms with Crippen molar-refractivity contribution < 1.29 is 0 Å². The molecule has 0 bridgehead atoms. The Balaban J connectivity index is 1.95. The predicted molar refractivity (Wildman–Crippen MR) is 69.4 cm³/mol. The molecule has 0 saturated heterocycles. The van der Waals surface area contributed by atoms with Crippen LogP contribution in [0.1, 0.15) is 31.2 Å². The summed E-state index contributed by atoms with van der Waals surface area (Å²) in [5, 5.41) is 0.321. The Morgan fingerprint density at radius 2 is 2.07 bits per heavy atom. The molecule has 1 fully saturated rings. The Morgan fingerprint density at radius 3 is 2.73 bits per heavy atom. The molecule has 0 radical (unpaired) electrons. The van der Waals surface area contributed by atoms with Gasteiger partial charge in [0.2, 0.25) is 0 Å². The lowest BCUT2D eigenvalue weighted by Crippen LogP contribution is -2.14. The second-order valence-electron chi connectivity index (χ2n) is 4.39. The zero-order valence-corrected chi connectivity index (χ0v) is 11.1. The van der Waals surface area contributed by atoms with Gasteiger partial charge in [-0.15, -0.1) is 11.6 Å². The van der Waals surface area contributed by atoms with Gasteiger partial charge in [0.25, 0.3) is 0 Å². The van der Waals surface area contributed by atoms with Crippen molar-refractivity contribution in [1.29, 1.82) is 0 Å². The molecule has 15 heavy (non-hydrogen) atoms. The third-order valence-electron chi connectivity index (χ3n) is 3.23. The van der Waals surface area contributed by atoms with Crippen LogP contribution in [0.3, 0.4) is 0 Å². The first kappa shape index (κ1) is 11.5. The standard InChI is InChI=1S/C13H16BrCl/c14-12-7-3-4-10(8-12)9-13(15)11-5-1-2-6-11/h3-4,7-8,11,13H,1-2,5-6,9H2. The van der Waals surface area contributed by atoms with Gasteiger partial charge in [-0.2, -0.15) is 0 Å². The normalized spacial score (nSPS) is 19.3. The van der Waals surface area contributed by atoms with Gasteiger partial charge in [0.1, 0.15) is 0 Å². The highest BCUT2D eigenvalue weighted by molar-refractivity contribution is 9.10. The molecule has 0 amide bonds. The van der Waals surface area contributed by atoms with E-state index >= 15 is 0 Å². The van der Waals surface area contributed by atoms with Crippen LogP contribution in [-0.4, -0.2) is 5.38 Å². The fraction of sp³-hybridized carbons (Fsp3) is 0.538. The highest BCUT2D eigenvalue weighted by atomic mass is 79.9. The van der Waals surface area contributed by atoms with E-state index in [1.165, 1.54) is 31.2 Å². The number of hydrogen-bond donors (Lipinski definition) is 0. The molecule has 1 aromatic rings. The van der Waals surface area contributed by atoms with Gasteiger partial charge in [-0.25, -0.2) is 0 Å². The summed E-state index contributed by atoms with van der Waals surface area (Å²) in [4.78, 5) is 0. The summed E-state index contributed by atoms with van der Waals surface area (Å²) >= 11 is 9.95. The van der Waals surface area contributed by atoms with E-state index in [-0.39, 0.29) is 0 Å². The maximum atomic E-state index is 6.46. The Hall–Kier alpha value is -0.0100. The molecule has 1 aromatic carbocycles. The summed E-state index contributed by atoms with van der Waals surface area (Å²) in [6, 6.07) is 8.47. The SMILES string of the molecule is ClC(Cc1cccc(Br)c1)C1CCCC1. The Bertz CT molecular complexity index is 318. The Labute approximate surface area is 105 Å². The maximum absolute atomic E-state index is 6.46. The van der Waals surface area contributed by atoms with Crippen LogP contribution in [0.4, 0.5) is 0 Å². The second kappa shape index (κ2) is 5.36. The monoisotopic (exact) mass is 286 g/mol. The first-order valence-corrected chi connectivity index (χ1v) is 6.87. The fourth-order valence-corrected chi connectivity index (χ4v) is 3.25. The van der Waals surface area contributed by atoms with Gasteiger partial charge in [0.15, 0.2) is 0 Å². The Kier molecular flexibility index (Phi) is 4.10. The molecule has 1 saturated carbocycles. The molecule has 0 aromatic heterocycles. The maximum Gasteiger partial charge on any atom is 0.0404 e. The van der Waals surface area contributed by atoms with E-state index < -0.39 is 0 Å². The van der Waals surface area contributed by atoms with Crippen LogP contribution in [0.25, 0.3) is 0 Å². The largest absolute Gasteiger partial charge is 0.122 e. The van der Waals surface area contributed by atoms with Gasteiger partial charge >= 0.3 is 0 Å². The van der Waals surface area contributed by atoms with Crippen molar-refractivity contribution in [3.63, 3.8) is 0 Å². The molecule has 0 spiro atoms. The van der Waals surface area contributed by atoms with Gasteiger partial charge < -0.3 is 0 Å². The van der Waals surface area contributed by atoms with E-state index in [4.69, 9.17) is 11.6 Å². The molecule has 1 unspecified atom stereocenters. The number of benzene rings is 1. The van der Waals surface area contributed by atoms with Crippen LogP contribution in [0.5, 0.6) is 0 Å². The predicted octanol–water partition coefficient (Wildman–Crippen LogP) is 4.79. The van der Waals surface area contributed by atoms with E-state index in [0.717, 1.165) is 16.8 Å². The molecule has 1 aliphatic carbocycles. The zero-order valence-electron chi connectivity index (χ0n) is 8.76. The van der Waals surface area contributed by atoms with Gasteiger partial charge in [-0.05, 0) is 42.9 Å². The molecule has 2 heteroatoms. The smallest absolute Gasteiger partial charge is 0.0404 e. The minimum Gasteiger partial charge on any atom is -0.122 e. The molecule has 0 N–H and O–H groups in total. The number of rotatable bonds is 3. The number of alkyl halides is 1. The molecule has 82 valence electrons. The summed E-state index contributed by atoms with van der Waals surface area (Å²) < 4.78 is 1.15. The third-order valence-corrected chi connectivity index (χ3v) is 4.23. The molecular formula is C13H16BrCl. The quantitative estimate of drug-likeness (QED) is 0.701. The van der Waals surface area contributed by atoms with Crippen LogP contribution in [-0.2, 0) is 6.42 Å². The van der Waals surface area contributed by atoms with Gasteiger partial charge in [-0.3, -0.25) is 0 Å². The van der Waals surface area contributed by atoms with E-state index in [9.17, 15) is 0 Å². The van der Waals surface area contributed by atoms with Crippen molar-refractivity contribution >= 4 is 27.5 Å². The zero-order chi connectivity index (χ0) is 10.7. The summed E-state index contributed by atoms with van der Waals surface area (Å²) in [6.45, 7) is 0. The van der Waals surface area contributed by atoms with Gasteiger partial charge in [-0.1, -0.05) is 40.9 Å². The minimum atomic E-state index is 0.321. The molecule has 0 aliphatic heterocycles. The van der Waals surface area contributed by atoms with Crippen LogP contribution in [0, 0.1) is 5.92 Å². The molecular weight excluding hydrogens is 272 g/mol. The van der Waals surface area contributed by atoms with Crippen molar-refractivity contribution in [2.75, 3.05) is 0 Å². The highest BCUT2D eigenvalue weighted by Gasteiger charge is 2.23. The summed E-state index contributed by atoms with van der Waals surface area (Å²) in [7, 11) is 0. The lowest BCUT2D eigenvalue weighted by atomic mass is 9.98. The van der Waals surface area contributed by atoms with Gasteiger partial charge in [0, 0.05) is 9.85 Å². The van der Waals surface area contributed by atoms with Crippen LogP contribution < -0.4 is 0 Å². The average molecular weight is 288 g/mol. The lowest BCUT2D eigenvalue weighted by Gasteiger charge is -2.16. The molecule has 1 atom stereocenters. The van der Waals surface area contributed by atoms with Crippen LogP contribution >= 0.6 is 27.5 Å². The first-order chi connectivity index (χ1) is 7.25. The van der Waals surface area contributed by atoms with E-state index in [1.54, 1.807) is 0 Å². The first-order valence-electron chi connectivity index (χ1n) is 5.64. The van der Waals surface area contributed by atoms with E-state index in [2.05, 4.69) is 40.2 Å². The van der Waals surface area contributed by atoms with Crippen molar-refractivity contribution in [3.05, 3.63) is 34.3 Å². The highest BCUT2D eigenvalue weighted by Crippen LogP contribution is 2.32. The minimum absolute atomic E-state index is 0.321. The topological polar surface area (TPSA) is 0 Å². The Morgan fingerprint density at radius 1 is 1.33 bits per heavy atom. The third kappa shape index (κ3) is 3.22. The molecule has 0 heterocycles. The van der Waals surface area contributed by atoms with Crippen LogP contribution in [0.15, 0.2) is 28.7 Å². The molecule has 2 rings (SSSR count). The van der Waals surface area contributed by atoms with E-state index in [0.29, 0.717) is 5.38 Å². The lowest BCUT2D eigenvalue weighted by molar-refractivity contribution is 0.512. The second-order valence-corrected chi connectivity index (χ2v) is 5.87. The summed E-state index contributed by atoms with van der Waals surface area (Å²) in [6.07, 6.45) is 6.38. The van der Waals surface area contributed by atoms with Crippen LogP contribution in [0.2, 0.25) is 0 Å². The van der Waals surface area contributed by atoms with Gasteiger partial charge in [0.05, 0.1) is 0 Å². The van der Waals surface area contributed by atoms with Crippen molar-refractivity contribution in [2.24, 2.45) is 5.92 Å². The fourth-order valence-electron chi connectivity index (χ4n) is 2.37. The summed E-state index contributed by atoms with van der Waals surface area (Å²) in [5.41, 5.74) is 1.34. The molecule has 0 nitrogen and oxygen atoms in total. The van der Waals surface area contributed by atoms with Crippen molar-refractivity contribution in [2.45, 2.75) is 37.5 Å². The van der Waals surface area contributed by atoms with E-state index in [1.807, 2.05) is 0 Å². The van der Waals surface area contributed by atoms with Crippen molar-refractivity contribution in [1.82, 2.24) is 0 Å². The average Bonchev–Trinajstić information content (AvgIpc) is 2.70. The van der Waals surface area contributed by atoms with Crippen molar-refractivity contribution in [3.8, 4) is 0 Å².